The number of benzene rings is 3. The highest BCUT2D eigenvalue weighted by atomic mass is 32.1. The van der Waals surface area contributed by atoms with Crippen molar-refractivity contribution in [2.45, 2.75) is 0 Å². The van der Waals surface area contributed by atoms with Gasteiger partial charge >= 0.3 is 0 Å². The third kappa shape index (κ3) is 6.89. The normalized spacial score (nSPS) is 11.0. The number of hydrogen-bond donors (Lipinski definition) is 2. The van der Waals surface area contributed by atoms with Crippen molar-refractivity contribution in [3.8, 4) is 27.6 Å². The molecule has 0 unspecified atom stereocenters. The maximum atomic E-state index is 14.1. The molecule has 11 heteroatoms. The molecule has 208 valence electrons. The number of anilines is 3. The Labute approximate surface area is 239 Å². The van der Waals surface area contributed by atoms with Crippen LogP contribution < -0.4 is 15.4 Å². The van der Waals surface area contributed by atoms with Gasteiger partial charge in [-0.05, 0) is 56.6 Å². The van der Waals surface area contributed by atoms with Crippen LogP contribution in [-0.2, 0) is 0 Å². The highest BCUT2D eigenvalue weighted by Crippen LogP contribution is 2.35. The van der Waals surface area contributed by atoms with Crippen LogP contribution in [0.3, 0.4) is 0 Å². The number of nitrogens with one attached hydrogen (secondary N) is 2. The van der Waals surface area contributed by atoms with Gasteiger partial charge in [-0.3, -0.25) is 4.79 Å². The van der Waals surface area contributed by atoms with Gasteiger partial charge in [0.25, 0.3) is 5.91 Å². The average molecular weight is 573 g/mol. The van der Waals surface area contributed by atoms with Crippen molar-refractivity contribution in [3.63, 3.8) is 0 Å². The minimum absolute atomic E-state index is 0.367. The quantitative estimate of drug-likeness (QED) is 0.198. The summed E-state index contributed by atoms with van der Waals surface area (Å²) in [6.07, 6.45) is 1.66. The zero-order chi connectivity index (χ0) is 28.8. The number of carbonyl (C=O) groups is 1. The summed E-state index contributed by atoms with van der Waals surface area (Å²) in [5.41, 5.74) is 4.21. The molecule has 2 heterocycles. The Morgan fingerprint density at radius 1 is 0.951 bits per heavy atom. The SMILES string of the molecule is CN(C)CCOc1cccc(Nc2nccc(-c3scnc3-c3cccc(NC(=O)c4c(F)cccc4F)c3)n2)c1. The van der Waals surface area contributed by atoms with Gasteiger partial charge in [0.1, 0.15) is 29.6 Å². The van der Waals surface area contributed by atoms with Crippen molar-refractivity contribution >= 4 is 34.6 Å². The molecule has 0 aliphatic carbocycles. The van der Waals surface area contributed by atoms with E-state index in [1.165, 1.54) is 17.4 Å². The highest BCUT2D eigenvalue weighted by molar-refractivity contribution is 7.13. The molecule has 0 aliphatic rings. The second-order valence-corrected chi connectivity index (χ2v) is 10.1. The summed E-state index contributed by atoms with van der Waals surface area (Å²) in [5, 5.41) is 5.79. The van der Waals surface area contributed by atoms with Crippen LogP contribution in [0.25, 0.3) is 21.8 Å². The minimum Gasteiger partial charge on any atom is -0.492 e. The number of carbonyl (C=O) groups excluding carboxylic acids is 1. The molecule has 0 atom stereocenters. The molecule has 0 spiro atoms. The van der Waals surface area contributed by atoms with Crippen LogP contribution in [0.15, 0.2) is 84.5 Å². The maximum Gasteiger partial charge on any atom is 0.261 e. The van der Waals surface area contributed by atoms with Gasteiger partial charge in [0.2, 0.25) is 5.95 Å². The van der Waals surface area contributed by atoms with Gasteiger partial charge in [-0.2, -0.15) is 0 Å². The Morgan fingerprint density at radius 2 is 1.71 bits per heavy atom. The molecular formula is C30H26F2N6O2S. The van der Waals surface area contributed by atoms with Crippen LogP contribution >= 0.6 is 11.3 Å². The summed E-state index contributed by atoms with van der Waals surface area (Å²) < 4.78 is 34.0. The fourth-order valence-corrected chi connectivity index (χ4v) is 4.75. The number of ether oxygens (including phenoxy) is 1. The summed E-state index contributed by atoms with van der Waals surface area (Å²) >= 11 is 1.41. The van der Waals surface area contributed by atoms with E-state index >= 15 is 0 Å². The van der Waals surface area contributed by atoms with Crippen molar-refractivity contribution in [2.24, 2.45) is 0 Å². The van der Waals surface area contributed by atoms with Crippen molar-refractivity contribution in [2.75, 3.05) is 37.9 Å². The number of halogens is 2. The smallest absolute Gasteiger partial charge is 0.261 e. The van der Waals surface area contributed by atoms with E-state index in [1.807, 2.05) is 44.4 Å². The van der Waals surface area contributed by atoms with Gasteiger partial charge in [-0.25, -0.2) is 23.7 Å². The monoisotopic (exact) mass is 572 g/mol. The van der Waals surface area contributed by atoms with Crippen LogP contribution in [0.4, 0.5) is 26.1 Å². The molecule has 2 aromatic heterocycles. The topological polar surface area (TPSA) is 92.3 Å². The molecule has 3 aromatic carbocycles. The molecule has 0 saturated carbocycles. The Morgan fingerprint density at radius 3 is 2.51 bits per heavy atom. The number of amides is 1. The number of likely N-dealkylation sites (N-methyl/N-ethyl adjacent to an activating group) is 1. The number of rotatable bonds is 10. The Bertz CT molecular complexity index is 1660. The fraction of sp³-hybridized carbons (Fsp3) is 0.133. The first-order valence-electron chi connectivity index (χ1n) is 12.6. The van der Waals surface area contributed by atoms with Gasteiger partial charge in [-0.15, -0.1) is 11.3 Å². The highest BCUT2D eigenvalue weighted by Gasteiger charge is 2.18. The van der Waals surface area contributed by atoms with Crippen LogP contribution in [-0.4, -0.2) is 53.0 Å². The molecule has 1 amide bonds. The van der Waals surface area contributed by atoms with E-state index in [4.69, 9.17) is 4.74 Å². The molecule has 0 fully saturated rings. The van der Waals surface area contributed by atoms with Crippen LogP contribution in [0.1, 0.15) is 10.4 Å². The number of hydrogen-bond acceptors (Lipinski definition) is 8. The molecular weight excluding hydrogens is 546 g/mol. The van der Waals surface area contributed by atoms with Crippen molar-refractivity contribution < 1.29 is 18.3 Å². The lowest BCUT2D eigenvalue weighted by Crippen LogP contribution is -2.19. The minimum atomic E-state index is -0.933. The summed E-state index contributed by atoms with van der Waals surface area (Å²) in [7, 11) is 3.98. The summed E-state index contributed by atoms with van der Waals surface area (Å²) in [6.45, 7) is 1.38. The number of nitrogens with zero attached hydrogens (tertiary/aromatic N) is 4. The van der Waals surface area contributed by atoms with E-state index in [1.54, 1.807) is 36.0 Å². The third-order valence-corrected chi connectivity index (χ3v) is 6.79. The van der Waals surface area contributed by atoms with Gasteiger partial charge in [0.05, 0.1) is 21.8 Å². The Hall–Kier alpha value is -4.74. The van der Waals surface area contributed by atoms with E-state index in [0.717, 1.165) is 35.0 Å². The second kappa shape index (κ2) is 12.6. The van der Waals surface area contributed by atoms with Crippen molar-refractivity contribution in [1.82, 2.24) is 19.9 Å². The molecule has 0 radical (unpaired) electrons. The molecule has 5 rings (SSSR count). The van der Waals surface area contributed by atoms with Crippen LogP contribution in [0.2, 0.25) is 0 Å². The lowest BCUT2D eigenvalue weighted by atomic mass is 10.1. The van der Waals surface area contributed by atoms with Crippen molar-refractivity contribution in [3.05, 3.63) is 102 Å². The fourth-order valence-electron chi connectivity index (χ4n) is 3.97. The van der Waals surface area contributed by atoms with E-state index in [2.05, 4.69) is 30.5 Å². The summed E-state index contributed by atoms with van der Waals surface area (Å²) in [4.78, 5) is 29.0. The standard InChI is InChI=1S/C30H26F2N6O2S/c1-38(2)14-15-40-22-9-4-8-21(17-22)36-30-33-13-12-25(37-30)28-27(34-18-41-28)19-6-3-7-20(16-19)35-29(39)26-23(31)10-5-11-24(26)32/h3-13,16-18H,14-15H2,1-2H3,(H,35,39)(H,33,36,37). The Balaban J connectivity index is 1.34. The first-order chi connectivity index (χ1) is 19.9. The van der Waals surface area contributed by atoms with Gasteiger partial charge in [-0.1, -0.05) is 24.3 Å². The number of aromatic nitrogens is 3. The molecule has 0 bridgehead atoms. The molecule has 0 aliphatic heterocycles. The van der Waals surface area contributed by atoms with Gasteiger partial charge < -0.3 is 20.3 Å². The molecule has 41 heavy (non-hydrogen) atoms. The van der Waals surface area contributed by atoms with E-state index in [9.17, 15) is 13.6 Å². The largest absolute Gasteiger partial charge is 0.492 e. The molecule has 5 aromatic rings. The van der Waals surface area contributed by atoms with E-state index in [0.29, 0.717) is 35.2 Å². The molecule has 2 N–H and O–H groups in total. The molecule has 8 nitrogen and oxygen atoms in total. The van der Waals surface area contributed by atoms with Gasteiger partial charge in [0, 0.05) is 35.7 Å². The Kier molecular flexibility index (Phi) is 8.56. The average Bonchev–Trinajstić information content (AvgIpc) is 3.44. The second-order valence-electron chi connectivity index (χ2n) is 9.23. The van der Waals surface area contributed by atoms with E-state index < -0.39 is 23.1 Å². The van der Waals surface area contributed by atoms with Crippen molar-refractivity contribution in [1.29, 1.82) is 0 Å². The first-order valence-corrected chi connectivity index (χ1v) is 13.5. The third-order valence-electron chi connectivity index (χ3n) is 5.94. The first kappa shape index (κ1) is 27.8. The molecule has 0 saturated heterocycles. The summed E-state index contributed by atoms with van der Waals surface area (Å²) in [6, 6.07) is 19.5. The maximum absolute atomic E-state index is 14.1. The summed E-state index contributed by atoms with van der Waals surface area (Å²) in [5.74, 6) is -1.60. The van der Waals surface area contributed by atoms with Crippen LogP contribution in [0, 0.1) is 11.6 Å². The lowest BCUT2D eigenvalue weighted by molar-refractivity contribution is 0.101. The zero-order valence-corrected chi connectivity index (χ0v) is 23.1. The predicted octanol–water partition coefficient (Wildman–Crippen LogP) is 6.48. The number of thiazole rings is 1. The van der Waals surface area contributed by atoms with Crippen LogP contribution in [0.5, 0.6) is 5.75 Å². The zero-order valence-electron chi connectivity index (χ0n) is 22.3. The lowest BCUT2D eigenvalue weighted by Gasteiger charge is -2.12. The van der Waals surface area contributed by atoms with E-state index in [-0.39, 0.29) is 0 Å². The van der Waals surface area contributed by atoms with Gasteiger partial charge in [0.15, 0.2) is 0 Å². The predicted molar refractivity (Wildman–Crippen MR) is 157 cm³/mol.